The van der Waals surface area contributed by atoms with E-state index in [0.29, 0.717) is 11.8 Å². The normalized spacial score (nSPS) is 20.2. The lowest BCUT2D eigenvalue weighted by Gasteiger charge is -2.32. The Morgan fingerprint density at radius 2 is 2.00 bits per heavy atom. The third-order valence-corrected chi connectivity index (χ3v) is 4.27. The molecule has 1 saturated heterocycles. The summed E-state index contributed by atoms with van der Waals surface area (Å²) in [5.41, 5.74) is 0. The minimum Gasteiger partial charge on any atom is -0.384 e. The molecule has 1 aromatic rings. The highest BCUT2D eigenvalue weighted by Crippen LogP contribution is 2.39. The van der Waals surface area contributed by atoms with Crippen molar-refractivity contribution in [2.45, 2.75) is 31.6 Å². The Morgan fingerprint density at radius 1 is 1.25 bits per heavy atom. The predicted molar refractivity (Wildman–Crippen MR) is 80.4 cm³/mol. The molecular formula is C15H24N4O. The van der Waals surface area contributed by atoms with Crippen molar-refractivity contribution in [3.8, 4) is 0 Å². The Balaban J connectivity index is 1.71. The summed E-state index contributed by atoms with van der Waals surface area (Å²) >= 11 is 0. The number of ether oxygens (including phenoxy) is 1. The molecule has 1 aliphatic carbocycles. The van der Waals surface area contributed by atoms with E-state index in [2.05, 4.69) is 21.3 Å². The molecule has 1 aromatic heterocycles. The van der Waals surface area contributed by atoms with Crippen LogP contribution < -0.4 is 10.2 Å². The van der Waals surface area contributed by atoms with Gasteiger partial charge in [-0.15, -0.1) is 0 Å². The molecule has 2 fully saturated rings. The Hall–Kier alpha value is -1.36. The van der Waals surface area contributed by atoms with E-state index < -0.39 is 0 Å². The van der Waals surface area contributed by atoms with Gasteiger partial charge in [-0.2, -0.15) is 0 Å². The predicted octanol–water partition coefficient (Wildman–Crippen LogP) is 2.26. The first-order valence-electron chi connectivity index (χ1n) is 7.60. The van der Waals surface area contributed by atoms with Gasteiger partial charge in [-0.1, -0.05) is 0 Å². The largest absolute Gasteiger partial charge is 0.384 e. The van der Waals surface area contributed by atoms with Gasteiger partial charge in [-0.25, -0.2) is 9.97 Å². The number of methoxy groups -OCH3 is 1. The summed E-state index contributed by atoms with van der Waals surface area (Å²) in [6, 6.07) is 2.07. The molecule has 0 atom stereocenters. The maximum absolute atomic E-state index is 5.26. The average Bonchev–Trinajstić information content (AvgIpc) is 3.32. The second-order valence-corrected chi connectivity index (χ2v) is 5.88. The standard InChI is InChI=1S/C15H24N4O/c1-16-13-9-14(18-15(17-13)12-3-4-12)19-7-5-11(6-8-19)10-20-2/h9,11-12H,3-8,10H2,1-2H3,(H,16,17,18). The van der Waals surface area contributed by atoms with E-state index in [1.54, 1.807) is 7.11 Å². The molecule has 1 N–H and O–H groups in total. The van der Waals surface area contributed by atoms with Gasteiger partial charge in [0.2, 0.25) is 0 Å². The second kappa shape index (κ2) is 5.95. The fraction of sp³-hybridized carbons (Fsp3) is 0.733. The molecular weight excluding hydrogens is 252 g/mol. The van der Waals surface area contributed by atoms with Crippen molar-refractivity contribution in [3.63, 3.8) is 0 Å². The van der Waals surface area contributed by atoms with E-state index in [9.17, 15) is 0 Å². The Morgan fingerprint density at radius 3 is 2.60 bits per heavy atom. The maximum Gasteiger partial charge on any atom is 0.136 e. The number of anilines is 2. The summed E-state index contributed by atoms with van der Waals surface area (Å²) in [6.07, 6.45) is 4.85. The summed E-state index contributed by atoms with van der Waals surface area (Å²) < 4.78 is 5.26. The van der Waals surface area contributed by atoms with Gasteiger partial charge in [0, 0.05) is 45.8 Å². The van der Waals surface area contributed by atoms with Crippen molar-refractivity contribution < 1.29 is 4.74 Å². The van der Waals surface area contributed by atoms with Gasteiger partial charge in [0.15, 0.2) is 0 Å². The highest BCUT2D eigenvalue weighted by molar-refractivity contribution is 5.50. The van der Waals surface area contributed by atoms with E-state index in [-0.39, 0.29) is 0 Å². The van der Waals surface area contributed by atoms with Crippen LogP contribution in [0.5, 0.6) is 0 Å². The van der Waals surface area contributed by atoms with Gasteiger partial charge in [-0.3, -0.25) is 0 Å². The lowest BCUT2D eigenvalue weighted by molar-refractivity contribution is 0.139. The lowest BCUT2D eigenvalue weighted by Crippen LogP contribution is -2.35. The second-order valence-electron chi connectivity index (χ2n) is 5.88. The van der Waals surface area contributed by atoms with E-state index in [1.807, 2.05) is 7.05 Å². The molecule has 20 heavy (non-hydrogen) atoms. The van der Waals surface area contributed by atoms with Crippen LogP contribution in [0.3, 0.4) is 0 Å². The molecule has 5 nitrogen and oxygen atoms in total. The molecule has 1 saturated carbocycles. The topological polar surface area (TPSA) is 50.3 Å². The summed E-state index contributed by atoms with van der Waals surface area (Å²) in [5, 5.41) is 3.16. The number of hydrogen-bond donors (Lipinski definition) is 1. The Kier molecular flexibility index (Phi) is 4.05. The maximum atomic E-state index is 5.26. The molecule has 0 aromatic carbocycles. The van der Waals surface area contributed by atoms with Crippen LogP contribution in [0.25, 0.3) is 0 Å². The molecule has 0 unspecified atom stereocenters. The zero-order valence-electron chi connectivity index (χ0n) is 12.4. The van der Waals surface area contributed by atoms with Crippen LogP contribution in [-0.2, 0) is 4.74 Å². The summed E-state index contributed by atoms with van der Waals surface area (Å²) in [5.74, 6) is 4.33. The van der Waals surface area contributed by atoms with Crippen LogP contribution in [0.1, 0.15) is 37.4 Å². The number of rotatable bonds is 5. The van der Waals surface area contributed by atoms with Crippen LogP contribution in [0, 0.1) is 5.92 Å². The van der Waals surface area contributed by atoms with Crippen molar-refractivity contribution in [2.24, 2.45) is 5.92 Å². The zero-order chi connectivity index (χ0) is 13.9. The molecule has 1 aliphatic heterocycles. The van der Waals surface area contributed by atoms with Crippen molar-refractivity contribution in [3.05, 3.63) is 11.9 Å². The van der Waals surface area contributed by atoms with Crippen LogP contribution in [0.15, 0.2) is 6.07 Å². The molecule has 2 aliphatic rings. The van der Waals surface area contributed by atoms with Gasteiger partial charge in [-0.05, 0) is 31.6 Å². The van der Waals surface area contributed by atoms with Crippen LogP contribution >= 0.6 is 0 Å². The van der Waals surface area contributed by atoms with Crippen molar-refractivity contribution in [2.75, 3.05) is 44.1 Å². The van der Waals surface area contributed by atoms with Gasteiger partial charge in [0.1, 0.15) is 17.5 Å². The summed E-state index contributed by atoms with van der Waals surface area (Å²) in [7, 11) is 3.71. The molecule has 0 spiro atoms. The smallest absolute Gasteiger partial charge is 0.136 e. The van der Waals surface area contributed by atoms with E-state index in [4.69, 9.17) is 9.72 Å². The highest BCUT2D eigenvalue weighted by atomic mass is 16.5. The van der Waals surface area contributed by atoms with E-state index >= 15 is 0 Å². The van der Waals surface area contributed by atoms with Gasteiger partial charge < -0.3 is 15.0 Å². The first kappa shape index (κ1) is 13.6. The average molecular weight is 276 g/mol. The first-order chi connectivity index (χ1) is 9.80. The molecule has 2 heterocycles. The van der Waals surface area contributed by atoms with Gasteiger partial charge in [0.05, 0.1) is 0 Å². The molecule has 110 valence electrons. The van der Waals surface area contributed by atoms with Crippen LogP contribution in [-0.4, -0.2) is 43.8 Å². The van der Waals surface area contributed by atoms with Crippen LogP contribution in [0.4, 0.5) is 11.6 Å². The van der Waals surface area contributed by atoms with Crippen LogP contribution in [0.2, 0.25) is 0 Å². The monoisotopic (exact) mass is 276 g/mol. The summed E-state index contributed by atoms with van der Waals surface area (Å²) in [4.78, 5) is 11.8. The molecule has 0 amide bonds. The number of aromatic nitrogens is 2. The molecule has 0 radical (unpaired) electrons. The Labute approximate surface area is 120 Å². The van der Waals surface area contributed by atoms with Gasteiger partial charge >= 0.3 is 0 Å². The fourth-order valence-corrected chi connectivity index (χ4v) is 2.83. The highest BCUT2D eigenvalue weighted by Gasteiger charge is 2.28. The number of piperidine rings is 1. The number of nitrogens with one attached hydrogen (secondary N) is 1. The molecule has 5 heteroatoms. The van der Waals surface area contributed by atoms with E-state index in [0.717, 1.165) is 37.2 Å². The van der Waals surface area contributed by atoms with Crippen molar-refractivity contribution in [1.82, 2.24) is 9.97 Å². The fourth-order valence-electron chi connectivity index (χ4n) is 2.83. The minimum atomic E-state index is 0.591. The number of hydrogen-bond acceptors (Lipinski definition) is 5. The van der Waals surface area contributed by atoms with E-state index in [1.165, 1.54) is 25.7 Å². The SMILES string of the molecule is CNc1cc(N2CCC(COC)CC2)nc(C2CC2)n1. The summed E-state index contributed by atoms with van der Waals surface area (Å²) in [6.45, 7) is 3.02. The molecule has 3 rings (SSSR count). The quantitative estimate of drug-likeness (QED) is 0.894. The lowest BCUT2D eigenvalue weighted by atomic mass is 9.98. The molecule has 0 bridgehead atoms. The number of nitrogens with zero attached hydrogens (tertiary/aromatic N) is 3. The van der Waals surface area contributed by atoms with Crippen molar-refractivity contribution in [1.29, 1.82) is 0 Å². The first-order valence-corrected chi connectivity index (χ1v) is 7.60. The minimum absolute atomic E-state index is 0.591. The third-order valence-electron chi connectivity index (χ3n) is 4.27. The van der Waals surface area contributed by atoms with Crippen molar-refractivity contribution >= 4 is 11.6 Å². The Bertz CT molecular complexity index is 453. The third kappa shape index (κ3) is 3.03. The van der Waals surface area contributed by atoms with Gasteiger partial charge in [0.25, 0.3) is 0 Å². The zero-order valence-corrected chi connectivity index (χ0v) is 12.4.